The zero-order chi connectivity index (χ0) is 16.8. The Labute approximate surface area is 139 Å². The number of benzene rings is 1. The van der Waals surface area contributed by atoms with Crippen LogP contribution in [0, 0.1) is 5.82 Å². The van der Waals surface area contributed by atoms with Crippen molar-refractivity contribution in [1.29, 1.82) is 0 Å². The van der Waals surface area contributed by atoms with Crippen LogP contribution in [0.3, 0.4) is 0 Å². The Hall–Kier alpha value is -1.82. The standard InChI is InChI=1S/C16H20ClFN2O3/c1-10(23-12-7-8-14(18)13(17)9-12)15(21)20-16(22)19-11-5-3-2-4-6-11/h7-11H,2-6H2,1H3,(H2,19,20,21,22)/t10-/m0/s1. The Balaban J connectivity index is 1.81. The molecule has 3 amide bonds. The van der Waals surface area contributed by atoms with Crippen LogP contribution >= 0.6 is 11.6 Å². The highest BCUT2D eigenvalue weighted by atomic mass is 35.5. The molecule has 1 aliphatic carbocycles. The summed E-state index contributed by atoms with van der Waals surface area (Å²) < 4.78 is 18.4. The van der Waals surface area contributed by atoms with E-state index in [1.165, 1.54) is 25.5 Å². The largest absolute Gasteiger partial charge is 0.481 e. The van der Waals surface area contributed by atoms with E-state index in [2.05, 4.69) is 10.6 Å². The highest BCUT2D eigenvalue weighted by Crippen LogP contribution is 2.22. The second-order valence-electron chi connectivity index (χ2n) is 5.63. The van der Waals surface area contributed by atoms with Crippen molar-refractivity contribution in [2.45, 2.75) is 51.2 Å². The molecule has 0 spiro atoms. The number of urea groups is 1. The summed E-state index contributed by atoms with van der Waals surface area (Å²) >= 11 is 5.65. The Kier molecular flexibility index (Phi) is 6.21. The van der Waals surface area contributed by atoms with Crippen LogP contribution in [-0.4, -0.2) is 24.1 Å². The fourth-order valence-electron chi connectivity index (χ4n) is 2.49. The minimum Gasteiger partial charge on any atom is -0.481 e. The Morgan fingerprint density at radius 1 is 1.30 bits per heavy atom. The molecular formula is C16H20ClFN2O3. The summed E-state index contributed by atoms with van der Waals surface area (Å²) in [6.45, 7) is 1.50. The van der Waals surface area contributed by atoms with E-state index < -0.39 is 23.9 Å². The summed E-state index contributed by atoms with van der Waals surface area (Å²) in [7, 11) is 0. The van der Waals surface area contributed by atoms with Crippen molar-refractivity contribution in [1.82, 2.24) is 10.6 Å². The van der Waals surface area contributed by atoms with Gasteiger partial charge in [0.05, 0.1) is 5.02 Å². The number of carbonyl (C=O) groups is 2. The van der Waals surface area contributed by atoms with Gasteiger partial charge in [0.2, 0.25) is 0 Å². The number of amides is 3. The van der Waals surface area contributed by atoms with Gasteiger partial charge < -0.3 is 10.1 Å². The van der Waals surface area contributed by atoms with Gasteiger partial charge in [-0.3, -0.25) is 10.1 Å². The molecule has 1 fully saturated rings. The first-order valence-corrected chi connectivity index (χ1v) is 8.06. The molecule has 7 heteroatoms. The monoisotopic (exact) mass is 342 g/mol. The third-order valence-electron chi connectivity index (χ3n) is 3.75. The number of ether oxygens (including phenoxy) is 1. The van der Waals surface area contributed by atoms with Crippen molar-refractivity contribution in [3.05, 3.63) is 29.0 Å². The molecule has 2 rings (SSSR count). The van der Waals surface area contributed by atoms with E-state index in [-0.39, 0.29) is 16.8 Å². The van der Waals surface area contributed by atoms with E-state index in [1.807, 2.05) is 0 Å². The number of hydrogen-bond acceptors (Lipinski definition) is 3. The lowest BCUT2D eigenvalue weighted by atomic mass is 9.96. The third kappa shape index (κ3) is 5.39. The van der Waals surface area contributed by atoms with Gasteiger partial charge in [-0.15, -0.1) is 0 Å². The molecular weight excluding hydrogens is 323 g/mol. The van der Waals surface area contributed by atoms with Crippen molar-refractivity contribution in [3.63, 3.8) is 0 Å². The van der Waals surface area contributed by atoms with E-state index in [0.717, 1.165) is 31.7 Å². The first-order valence-electron chi connectivity index (χ1n) is 7.69. The summed E-state index contributed by atoms with van der Waals surface area (Å²) in [5.41, 5.74) is 0. The first-order chi connectivity index (χ1) is 11.0. The van der Waals surface area contributed by atoms with E-state index in [1.54, 1.807) is 0 Å². The van der Waals surface area contributed by atoms with Crippen LogP contribution in [-0.2, 0) is 4.79 Å². The Bertz CT molecular complexity index is 576. The molecule has 5 nitrogen and oxygen atoms in total. The fraction of sp³-hybridized carbons (Fsp3) is 0.500. The molecule has 1 saturated carbocycles. The zero-order valence-electron chi connectivity index (χ0n) is 12.9. The maximum atomic E-state index is 13.1. The fourth-order valence-corrected chi connectivity index (χ4v) is 2.66. The summed E-state index contributed by atoms with van der Waals surface area (Å²) in [6.07, 6.45) is 4.31. The molecule has 1 atom stereocenters. The lowest BCUT2D eigenvalue weighted by Gasteiger charge is -2.23. The van der Waals surface area contributed by atoms with Crippen molar-refractivity contribution in [2.75, 3.05) is 0 Å². The molecule has 0 heterocycles. The van der Waals surface area contributed by atoms with Gasteiger partial charge in [-0.25, -0.2) is 9.18 Å². The van der Waals surface area contributed by atoms with Gasteiger partial charge >= 0.3 is 6.03 Å². The molecule has 1 aliphatic rings. The van der Waals surface area contributed by atoms with Crippen molar-refractivity contribution < 1.29 is 18.7 Å². The number of carbonyl (C=O) groups excluding carboxylic acids is 2. The van der Waals surface area contributed by atoms with Gasteiger partial charge in [0.1, 0.15) is 11.6 Å². The molecule has 0 radical (unpaired) electrons. The number of hydrogen-bond donors (Lipinski definition) is 2. The van der Waals surface area contributed by atoms with Crippen molar-refractivity contribution in [3.8, 4) is 5.75 Å². The van der Waals surface area contributed by atoms with Crippen LogP contribution in [0.25, 0.3) is 0 Å². The van der Waals surface area contributed by atoms with Gasteiger partial charge in [-0.05, 0) is 31.9 Å². The molecule has 1 aromatic carbocycles. The second kappa shape index (κ2) is 8.15. The SMILES string of the molecule is C[C@H](Oc1ccc(F)c(Cl)c1)C(=O)NC(=O)NC1CCCCC1. The topological polar surface area (TPSA) is 67.4 Å². The number of halogens is 2. The molecule has 0 aliphatic heterocycles. The molecule has 23 heavy (non-hydrogen) atoms. The molecule has 126 valence electrons. The van der Waals surface area contributed by atoms with Crippen LogP contribution in [0.4, 0.5) is 9.18 Å². The normalized spacial score (nSPS) is 16.5. The van der Waals surface area contributed by atoms with Crippen LogP contribution in [0.15, 0.2) is 18.2 Å². The molecule has 2 N–H and O–H groups in total. The third-order valence-corrected chi connectivity index (χ3v) is 4.04. The summed E-state index contributed by atoms with van der Waals surface area (Å²) in [6, 6.07) is 3.40. The molecule has 0 unspecified atom stereocenters. The minimum absolute atomic E-state index is 0.0925. The summed E-state index contributed by atoms with van der Waals surface area (Å²) in [4.78, 5) is 23.8. The van der Waals surface area contributed by atoms with Gasteiger partial charge in [0, 0.05) is 12.1 Å². The molecule has 1 aromatic rings. The predicted octanol–water partition coefficient (Wildman–Crippen LogP) is 3.40. The van der Waals surface area contributed by atoms with Gasteiger partial charge in [-0.1, -0.05) is 30.9 Å². The van der Waals surface area contributed by atoms with Gasteiger partial charge in [0.25, 0.3) is 5.91 Å². The maximum absolute atomic E-state index is 13.1. The Morgan fingerprint density at radius 3 is 2.65 bits per heavy atom. The highest BCUT2D eigenvalue weighted by molar-refractivity contribution is 6.30. The minimum atomic E-state index is -0.909. The summed E-state index contributed by atoms with van der Waals surface area (Å²) in [5, 5.41) is 4.95. The van der Waals surface area contributed by atoms with E-state index in [0.29, 0.717) is 0 Å². The Morgan fingerprint density at radius 2 is 2.00 bits per heavy atom. The van der Waals surface area contributed by atoms with Gasteiger partial charge in [0.15, 0.2) is 6.10 Å². The first kappa shape index (κ1) is 17.5. The average molecular weight is 343 g/mol. The smallest absolute Gasteiger partial charge is 0.321 e. The zero-order valence-corrected chi connectivity index (χ0v) is 13.7. The van der Waals surface area contributed by atoms with E-state index >= 15 is 0 Å². The van der Waals surface area contributed by atoms with E-state index in [9.17, 15) is 14.0 Å². The van der Waals surface area contributed by atoms with Crippen LogP contribution in [0.5, 0.6) is 5.75 Å². The van der Waals surface area contributed by atoms with Crippen molar-refractivity contribution in [2.24, 2.45) is 0 Å². The van der Waals surface area contributed by atoms with Crippen LogP contribution in [0.2, 0.25) is 5.02 Å². The lowest BCUT2D eigenvalue weighted by molar-refractivity contribution is -0.126. The summed E-state index contributed by atoms with van der Waals surface area (Å²) in [5.74, 6) is -0.881. The number of imide groups is 1. The lowest BCUT2D eigenvalue weighted by Crippen LogP contribution is -2.48. The van der Waals surface area contributed by atoms with Gasteiger partial charge in [-0.2, -0.15) is 0 Å². The second-order valence-corrected chi connectivity index (χ2v) is 6.04. The molecule has 0 aromatic heterocycles. The predicted molar refractivity (Wildman–Crippen MR) is 85.0 cm³/mol. The van der Waals surface area contributed by atoms with Crippen LogP contribution < -0.4 is 15.4 Å². The van der Waals surface area contributed by atoms with Crippen molar-refractivity contribution >= 4 is 23.5 Å². The van der Waals surface area contributed by atoms with Crippen LogP contribution in [0.1, 0.15) is 39.0 Å². The number of nitrogens with one attached hydrogen (secondary N) is 2. The highest BCUT2D eigenvalue weighted by Gasteiger charge is 2.20. The molecule has 0 bridgehead atoms. The maximum Gasteiger partial charge on any atom is 0.321 e. The number of rotatable bonds is 4. The quantitative estimate of drug-likeness (QED) is 0.881. The molecule has 0 saturated heterocycles. The average Bonchev–Trinajstić information content (AvgIpc) is 2.51. The van der Waals surface area contributed by atoms with E-state index in [4.69, 9.17) is 16.3 Å².